The van der Waals surface area contributed by atoms with E-state index >= 15 is 0 Å². The van der Waals surface area contributed by atoms with Gasteiger partial charge in [-0.25, -0.2) is 0 Å². The van der Waals surface area contributed by atoms with Crippen LogP contribution in [0.25, 0.3) is 0 Å². The van der Waals surface area contributed by atoms with E-state index < -0.39 is 0 Å². The molecule has 2 rings (SSSR count). The minimum atomic E-state index is -0.0173. The lowest BCUT2D eigenvalue weighted by Crippen LogP contribution is -2.17. The molecule has 6 heteroatoms. The lowest BCUT2D eigenvalue weighted by atomic mass is 10.0. The lowest BCUT2D eigenvalue weighted by Gasteiger charge is -2.18. The molecule has 0 saturated heterocycles. The molecular weight excluding hydrogens is 381 g/mol. The summed E-state index contributed by atoms with van der Waals surface area (Å²) in [6.07, 6.45) is 0. The normalized spacial score (nSPS) is 12.4. The Bertz CT molecular complexity index is 603. The van der Waals surface area contributed by atoms with Gasteiger partial charge in [-0.05, 0) is 37.7 Å². The molecule has 0 amide bonds. The number of rotatable bonds is 5. The SMILES string of the molecule is CCOc1ccc(C(NC)c2cc(Cl)sc2Cl)c(Br)c1. The zero-order valence-electron chi connectivity index (χ0n) is 11.0. The van der Waals surface area contributed by atoms with Crippen LogP contribution in [-0.4, -0.2) is 13.7 Å². The van der Waals surface area contributed by atoms with Gasteiger partial charge in [0, 0.05) is 10.0 Å². The molecule has 2 aromatic rings. The summed E-state index contributed by atoms with van der Waals surface area (Å²) in [4.78, 5) is 0. The minimum absolute atomic E-state index is 0.0173. The van der Waals surface area contributed by atoms with Crippen molar-refractivity contribution in [3.8, 4) is 5.75 Å². The Morgan fingerprint density at radius 1 is 1.30 bits per heavy atom. The third kappa shape index (κ3) is 3.49. The molecule has 0 spiro atoms. The van der Waals surface area contributed by atoms with Gasteiger partial charge in [0.25, 0.3) is 0 Å². The predicted octanol–water partition coefficient (Wildman–Crippen LogP) is 5.52. The van der Waals surface area contributed by atoms with Crippen LogP contribution in [0.3, 0.4) is 0 Å². The van der Waals surface area contributed by atoms with Crippen LogP contribution in [0.2, 0.25) is 8.67 Å². The first-order valence-electron chi connectivity index (χ1n) is 6.11. The highest BCUT2D eigenvalue weighted by Crippen LogP contribution is 2.39. The third-order valence-electron chi connectivity index (χ3n) is 2.88. The fourth-order valence-electron chi connectivity index (χ4n) is 2.03. The van der Waals surface area contributed by atoms with E-state index in [0.717, 1.165) is 21.3 Å². The molecule has 1 N–H and O–H groups in total. The van der Waals surface area contributed by atoms with Gasteiger partial charge < -0.3 is 10.1 Å². The Morgan fingerprint density at radius 3 is 2.55 bits per heavy atom. The highest BCUT2D eigenvalue weighted by molar-refractivity contribution is 9.10. The molecule has 0 aliphatic heterocycles. The second-order valence-corrected chi connectivity index (χ2v) is 7.26. The molecule has 1 aromatic carbocycles. The van der Waals surface area contributed by atoms with Gasteiger partial charge in [0.1, 0.15) is 5.75 Å². The minimum Gasteiger partial charge on any atom is -0.494 e. The van der Waals surface area contributed by atoms with Gasteiger partial charge in [-0.3, -0.25) is 0 Å². The van der Waals surface area contributed by atoms with Crippen LogP contribution in [0.1, 0.15) is 24.1 Å². The van der Waals surface area contributed by atoms with Crippen molar-refractivity contribution >= 4 is 50.5 Å². The Hall–Kier alpha value is -0.260. The van der Waals surface area contributed by atoms with Crippen molar-refractivity contribution < 1.29 is 4.74 Å². The summed E-state index contributed by atoms with van der Waals surface area (Å²) in [6.45, 7) is 2.61. The van der Waals surface area contributed by atoms with Crippen molar-refractivity contribution in [1.82, 2.24) is 5.32 Å². The van der Waals surface area contributed by atoms with Crippen molar-refractivity contribution in [2.75, 3.05) is 13.7 Å². The number of hydrogen-bond acceptors (Lipinski definition) is 3. The Morgan fingerprint density at radius 2 is 2.05 bits per heavy atom. The Kier molecular flexibility index (Phi) is 5.75. The maximum atomic E-state index is 6.26. The van der Waals surface area contributed by atoms with E-state index in [4.69, 9.17) is 27.9 Å². The van der Waals surface area contributed by atoms with Crippen LogP contribution < -0.4 is 10.1 Å². The molecule has 1 atom stereocenters. The maximum Gasteiger partial charge on any atom is 0.120 e. The topological polar surface area (TPSA) is 21.3 Å². The third-order valence-corrected chi connectivity index (χ3v) is 5.08. The van der Waals surface area contributed by atoms with Crippen molar-refractivity contribution in [2.24, 2.45) is 0 Å². The summed E-state index contributed by atoms with van der Waals surface area (Å²) in [5, 5.41) is 3.27. The predicted molar refractivity (Wildman–Crippen MR) is 90.6 cm³/mol. The van der Waals surface area contributed by atoms with Crippen LogP contribution in [-0.2, 0) is 0 Å². The van der Waals surface area contributed by atoms with E-state index in [2.05, 4.69) is 21.2 Å². The fraction of sp³-hybridized carbons (Fsp3) is 0.286. The molecule has 0 fully saturated rings. The standard InChI is InChI=1S/C14H14BrCl2NOS/c1-3-19-8-4-5-9(11(15)6-8)13(18-2)10-7-12(16)20-14(10)17/h4-7,13,18H,3H2,1-2H3. The molecule has 1 aromatic heterocycles. The number of ether oxygens (including phenoxy) is 1. The van der Waals surface area contributed by atoms with Crippen molar-refractivity contribution in [1.29, 1.82) is 0 Å². The van der Waals surface area contributed by atoms with Gasteiger partial charge >= 0.3 is 0 Å². The van der Waals surface area contributed by atoms with Gasteiger partial charge in [0.2, 0.25) is 0 Å². The molecule has 108 valence electrons. The van der Waals surface area contributed by atoms with Gasteiger partial charge in [0.15, 0.2) is 0 Å². The summed E-state index contributed by atoms with van der Waals surface area (Å²) in [5.74, 6) is 0.840. The number of halogens is 3. The highest BCUT2D eigenvalue weighted by Gasteiger charge is 2.20. The molecule has 0 bridgehead atoms. The maximum absolute atomic E-state index is 6.26. The van der Waals surface area contributed by atoms with Crippen LogP contribution in [0.4, 0.5) is 0 Å². The van der Waals surface area contributed by atoms with Crippen LogP contribution in [0.15, 0.2) is 28.7 Å². The highest BCUT2D eigenvalue weighted by atomic mass is 79.9. The van der Waals surface area contributed by atoms with Gasteiger partial charge in [-0.1, -0.05) is 45.2 Å². The lowest BCUT2D eigenvalue weighted by molar-refractivity contribution is 0.340. The zero-order chi connectivity index (χ0) is 14.7. The van der Waals surface area contributed by atoms with Crippen LogP contribution >= 0.6 is 50.5 Å². The van der Waals surface area contributed by atoms with Gasteiger partial charge in [0.05, 0.1) is 21.3 Å². The Balaban J connectivity index is 2.39. The van der Waals surface area contributed by atoms with Crippen molar-refractivity contribution in [2.45, 2.75) is 13.0 Å². The molecule has 0 aliphatic rings. The average Bonchev–Trinajstić information content (AvgIpc) is 2.72. The molecule has 20 heavy (non-hydrogen) atoms. The van der Waals surface area contributed by atoms with Crippen LogP contribution in [0, 0.1) is 0 Å². The van der Waals surface area contributed by atoms with E-state index in [-0.39, 0.29) is 6.04 Å². The van der Waals surface area contributed by atoms with Gasteiger partial charge in [-0.15, -0.1) is 11.3 Å². The summed E-state index contributed by atoms with van der Waals surface area (Å²) < 4.78 is 7.86. The fourth-order valence-corrected chi connectivity index (χ4v) is 4.15. The monoisotopic (exact) mass is 393 g/mol. The second kappa shape index (κ2) is 7.14. The summed E-state index contributed by atoms with van der Waals surface area (Å²) in [6, 6.07) is 7.83. The average molecular weight is 395 g/mol. The summed E-state index contributed by atoms with van der Waals surface area (Å²) in [5.41, 5.74) is 2.07. The van der Waals surface area contributed by atoms with E-state index in [1.165, 1.54) is 11.3 Å². The van der Waals surface area contributed by atoms with Gasteiger partial charge in [-0.2, -0.15) is 0 Å². The quantitative estimate of drug-likeness (QED) is 0.720. The summed E-state index contributed by atoms with van der Waals surface area (Å²) >= 11 is 17.3. The number of benzene rings is 1. The van der Waals surface area contributed by atoms with E-state index in [9.17, 15) is 0 Å². The number of hydrogen-bond donors (Lipinski definition) is 1. The van der Waals surface area contributed by atoms with E-state index in [1.807, 2.05) is 38.2 Å². The first-order valence-corrected chi connectivity index (χ1v) is 8.47. The second-order valence-electron chi connectivity index (χ2n) is 4.12. The largest absolute Gasteiger partial charge is 0.494 e. The molecule has 0 radical (unpaired) electrons. The Labute approximate surface area is 141 Å². The first kappa shape index (κ1) is 16.1. The van der Waals surface area contributed by atoms with E-state index in [0.29, 0.717) is 15.3 Å². The zero-order valence-corrected chi connectivity index (χ0v) is 15.0. The number of thiophene rings is 1. The molecule has 0 aliphatic carbocycles. The first-order chi connectivity index (χ1) is 9.56. The van der Waals surface area contributed by atoms with E-state index in [1.54, 1.807) is 0 Å². The molecule has 1 unspecified atom stereocenters. The summed E-state index contributed by atoms with van der Waals surface area (Å²) in [7, 11) is 1.90. The molecule has 2 nitrogen and oxygen atoms in total. The molecule has 1 heterocycles. The van der Waals surface area contributed by atoms with Crippen LogP contribution in [0.5, 0.6) is 5.75 Å². The van der Waals surface area contributed by atoms with Crippen molar-refractivity contribution in [3.05, 3.63) is 48.5 Å². The van der Waals surface area contributed by atoms with Crippen molar-refractivity contribution in [3.63, 3.8) is 0 Å². The molecular formula is C14H14BrCl2NOS. The molecule has 0 saturated carbocycles. The smallest absolute Gasteiger partial charge is 0.120 e. The number of nitrogens with one attached hydrogen (secondary N) is 1.